The van der Waals surface area contributed by atoms with Crippen LogP contribution in [0.4, 0.5) is 5.95 Å². The van der Waals surface area contributed by atoms with Crippen LogP contribution in [0.3, 0.4) is 0 Å². The Labute approximate surface area is 107 Å². The molecular weight excluding hydrogens is 250 g/mol. The fraction of sp³-hybridized carbons (Fsp3) is 0.0909. The highest BCUT2D eigenvalue weighted by Gasteiger charge is 2.09. The average Bonchev–Trinajstić information content (AvgIpc) is 2.82. The van der Waals surface area contributed by atoms with E-state index in [4.69, 9.17) is 11.0 Å². The van der Waals surface area contributed by atoms with E-state index < -0.39 is 0 Å². The lowest BCUT2D eigenvalue weighted by Gasteiger charge is -1.98. The van der Waals surface area contributed by atoms with Crippen molar-refractivity contribution in [2.75, 3.05) is 11.5 Å². The number of aromatic nitrogens is 3. The number of H-pyrrole nitrogens is 1. The molecule has 0 aliphatic heterocycles. The molecule has 0 aliphatic rings. The van der Waals surface area contributed by atoms with Gasteiger partial charge in [0.2, 0.25) is 11.1 Å². The summed E-state index contributed by atoms with van der Waals surface area (Å²) in [6.07, 6.45) is 0. The van der Waals surface area contributed by atoms with E-state index in [9.17, 15) is 4.79 Å². The molecule has 0 atom stereocenters. The number of nitrogens with zero attached hydrogens (tertiary/aromatic N) is 3. The molecular formula is C11H9N5OS. The monoisotopic (exact) mass is 259 g/mol. The summed E-state index contributed by atoms with van der Waals surface area (Å²) in [4.78, 5) is 15.7. The lowest BCUT2D eigenvalue weighted by atomic mass is 10.1. The number of rotatable bonds is 4. The maximum atomic E-state index is 11.8. The van der Waals surface area contributed by atoms with Crippen LogP contribution in [-0.4, -0.2) is 26.7 Å². The van der Waals surface area contributed by atoms with E-state index in [1.165, 1.54) is 11.8 Å². The molecule has 1 aromatic heterocycles. The molecule has 1 heterocycles. The second kappa shape index (κ2) is 5.33. The lowest BCUT2D eigenvalue weighted by Crippen LogP contribution is -2.02. The Morgan fingerprint density at radius 3 is 2.72 bits per heavy atom. The van der Waals surface area contributed by atoms with Gasteiger partial charge in [-0.25, -0.2) is 5.10 Å². The fourth-order valence-electron chi connectivity index (χ4n) is 1.27. The van der Waals surface area contributed by atoms with Gasteiger partial charge >= 0.3 is 0 Å². The lowest BCUT2D eigenvalue weighted by molar-refractivity contribution is 0.102. The molecule has 0 aliphatic carbocycles. The Bertz CT molecular complexity index is 599. The van der Waals surface area contributed by atoms with E-state index in [0.29, 0.717) is 16.3 Å². The molecule has 0 bridgehead atoms. The van der Waals surface area contributed by atoms with Crippen molar-refractivity contribution >= 4 is 23.5 Å². The zero-order valence-electron chi connectivity index (χ0n) is 9.25. The summed E-state index contributed by atoms with van der Waals surface area (Å²) >= 11 is 1.21. The first-order valence-electron chi connectivity index (χ1n) is 5.03. The van der Waals surface area contributed by atoms with E-state index in [-0.39, 0.29) is 17.5 Å². The molecule has 0 spiro atoms. The van der Waals surface area contributed by atoms with Crippen LogP contribution >= 0.6 is 11.8 Å². The molecule has 6 nitrogen and oxygen atoms in total. The van der Waals surface area contributed by atoms with E-state index in [2.05, 4.69) is 15.2 Å². The number of thioether (sulfide) groups is 1. The van der Waals surface area contributed by atoms with Crippen LogP contribution in [0.2, 0.25) is 0 Å². The Morgan fingerprint density at radius 1 is 1.44 bits per heavy atom. The van der Waals surface area contributed by atoms with Gasteiger partial charge in [-0.1, -0.05) is 23.9 Å². The Balaban J connectivity index is 1.97. The predicted molar refractivity (Wildman–Crippen MR) is 67.0 cm³/mol. The van der Waals surface area contributed by atoms with Crippen LogP contribution < -0.4 is 5.73 Å². The second-order valence-corrected chi connectivity index (χ2v) is 4.35. The summed E-state index contributed by atoms with van der Waals surface area (Å²) in [7, 11) is 0. The molecule has 0 radical (unpaired) electrons. The van der Waals surface area contributed by atoms with Gasteiger partial charge in [-0.3, -0.25) is 4.79 Å². The molecule has 0 amide bonds. The van der Waals surface area contributed by atoms with Crippen LogP contribution in [0.1, 0.15) is 15.9 Å². The van der Waals surface area contributed by atoms with Gasteiger partial charge in [0.15, 0.2) is 5.78 Å². The molecule has 0 saturated heterocycles. The highest BCUT2D eigenvalue weighted by atomic mass is 32.2. The van der Waals surface area contributed by atoms with Crippen molar-refractivity contribution in [3.63, 3.8) is 0 Å². The number of ketones is 1. The van der Waals surface area contributed by atoms with E-state index >= 15 is 0 Å². The van der Waals surface area contributed by atoms with Crippen molar-refractivity contribution in [2.24, 2.45) is 0 Å². The number of nitrogens with two attached hydrogens (primary N) is 1. The predicted octanol–water partition coefficient (Wildman–Crippen LogP) is 1.23. The van der Waals surface area contributed by atoms with Crippen molar-refractivity contribution in [3.05, 3.63) is 35.4 Å². The van der Waals surface area contributed by atoms with Crippen molar-refractivity contribution in [3.8, 4) is 6.07 Å². The SMILES string of the molecule is N#Cc1ccc(C(=O)CSc2n[nH]c(N)n2)cc1. The van der Waals surface area contributed by atoms with Gasteiger partial charge in [0, 0.05) is 5.56 Å². The maximum Gasteiger partial charge on any atom is 0.216 e. The molecule has 3 N–H and O–H groups in total. The number of anilines is 1. The van der Waals surface area contributed by atoms with Crippen molar-refractivity contribution < 1.29 is 4.79 Å². The smallest absolute Gasteiger partial charge is 0.216 e. The summed E-state index contributed by atoms with van der Waals surface area (Å²) in [5, 5.41) is 15.4. The topological polar surface area (TPSA) is 108 Å². The van der Waals surface area contributed by atoms with E-state index in [0.717, 1.165) is 0 Å². The van der Waals surface area contributed by atoms with Gasteiger partial charge in [0.05, 0.1) is 17.4 Å². The van der Waals surface area contributed by atoms with Crippen molar-refractivity contribution in [1.29, 1.82) is 5.26 Å². The van der Waals surface area contributed by atoms with Gasteiger partial charge < -0.3 is 5.73 Å². The fourth-order valence-corrected chi connectivity index (χ4v) is 1.97. The molecule has 7 heteroatoms. The quantitative estimate of drug-likeness (QED) is 0.631. The maximum absolute atomic E-state index is 11.8. The van der Waals surface area contributed by atoms with Gasteiger partial charge in [-0.2, -0.15) is 10.2 Å². The summed E-state index contributed by atoms with van der Waals surface area (Å²) in [5.74, 6) is 0.402. The molecule has 0 saturated carbocycles. The molecule has 0 unspecified atom stereocenters. The zero-order chi connectivity index (χ0) is 13.0. The summed E-state index contributed by atoms with van der Waals surface area (Å²) in [6.45, 7) is 0. The second-order valence-electron chi connectivity index (χ2n) is 3.40. The first-order chi connectivity index (χ1) is 8.69. The number of carbonyl (C=O) groups is 1. The molecule has 2 aromatic rings. The molecule has 2 rings (SSSR count). The van der Waals surface area contributed by atoms with Gasteiger partial charge in [-0.05, 0) is 12.1 Å². The number of nitriles is 1. The number of nitrogen functional groups attached to an aromatic ring is 1. The third-order valence-electron chi connectivity index (χ3n) is 2.15. The third-order valence-corrected chi connectivity index (χ3v) is 3.00. The minimum Gasteiger partial charge on any atom is -0.368 e. The number of hydrogen-bond donors (Lipinski definition) is 2. The first-order valence-corrected chi connectivity index (χ1v) is 6.01. The van der Waals surface area contributed by atoms with Gasteiger partial charge in [0.1, 0.15) is 0 Å². The van der Waals surface area contributed by atoms with Crippen molar-refractivity contribution in [1.82, 2.24) is 15.2 Å². The summed E-state index contributed by atoms with van der Waals surface area (Å²) in [5.41, 5.74) is 6.46. The Kier molecular flexibility index (Phi) is 3.60. The summed E-state index contributed by atoms with van der Waals surface area (Å²) in [6, 6.07) is 8.49. The van der Waals surface area contributed by atoms with Crippen LogP contribution in [0.15, 0.2) is 29.4 Å². The standard InChI is InChI=1S/C11H9N5OS/c12-5-7-1-3-8(4-2-7)9(17)6-18-11-14-10(13)15-16-11/h1-4H,6H2,(H3,13,14,15,16). The third kappa shape index (κ3) is 2.87. The van der Waals surface area contributed by atoms with Gasteiger partial charge in [0.25, 0.3) is 0 Å². The van der Waals surface area contributed by atoms with Crippen LogP contribution in [0.25, 0.3) is 0 Å². The molecule has 1 aromatic carbocycles. The first kappa shape index (κ1) is 12.1. The number of nitrogens with one attached hydrogen (secondary N) is 1. The largest absolute Gasteiger partial charge is 0.368 e. The highest BCUT2D eigenvalue weighted by Crippen LogP contribution is 2.15. The number of hydrogen-bond acceptors (Lipinski definition) is 6. The highest BCUT2D eigenvalue weighted by molar-refractivity contribution is 7.99. The van der Waals surface area contributed by atoms with E-state index in [1.807, 2.05) is 6.07 Å². The van der Waals surface area contributed by atoms with Crippen LogP contribution in [0.5, 0.6) is 0 Å². The summed E-state index contributed by atoms with van der Waals surface area (Å²) < 4.78 is 0. The van der Waals surface area contributed by atoms with Crippen LogP contribution in [0, 0.1) is 11.3 Å². The number of Topliss-reactive ketones (excluding diaryl/α,β-unsaturated/α-hetero) is 1. The number of benzene rings is 1. The minimum atomic E-state index is -0.0483. The zero-order valence-corrected chi connectivity index (χ0v) is 10.1. The normalized spacial score (nSPS) is 9.94. The Morgan fingerprint density at radius 2 is 2.17 bits per heavy atom. The average molecular weight is 259 g/mol. The minimum absolute atomic E-state index is 0.0483. The van der Waals surface area contributed by atoms with Gasteiger partial charge in [-0.15, -0.1) is 5.10 Å². The number of carbonyl (C=O) groups excluding carboxylic acids is 1. The molecule has 90 valence electrons. The Hall–Kier alpha value is -2.33. The van der Waals surface area contributed by atoms with Crippen LogP contribution in [-0.2, 0) is 0 Å². The van der Waals surface area contributed by atoms with E-state index in [1.54, 1.807) is 24.3 Å². The molecule has 18 heavy (non-hydrogen) atoms. The molecule has 0 fully saturated rings. The number of aromatic amines is 1. The van der Waals surface area contributed by atoms with Crippen molar-refractivity contribution in [2.45, 2.75) is 5.16 Å².